The van der Waals surface area contributed by atoms with Crippen LogP contribution >= 0.6 is 0 Å². The Kier molecular flexibility index (Phi) is 11.5. The zero-order chi connectivity index (χ0) is 10.5. The summed E-state index contributed by atoms with van der Waals surface area (Å²) < 4.78 is 0. The first kappa shape index (κ1) is 13.2. The van der Waals surface area contributed by atoms with Gasteiger partial charge >= 0.3 is 0 Å². The maximum absolute atomic E-state index is 3.70. The average Bonchev–Trinajstić information content (AvgIpc) is 2.21. The normalized spacial score (nSPS) is 11.5. The molecule has 0 atom stereocenters. The molecule has 0 saturated heterocycles. The number of hydrogen-bond donors (Lipinski definition) is 0. The van der Waals surface area contributed by atoms with E-state index in [0.29, 0.717) is 0 Å². The Morgan fingerprint density at radius 1 is 0.786 bits per heavy atom. The molecule has 0 aromatic rings. The van der Waals surface area contributed by atoms with Crippen LogP contribution in [0.2, 0.25) is 0 Å². The third kappa shape index (κ3) is 11.2. The third-order valence-electron chi connectivity index (χ3n) is 2.07. The van der Waals surface area contributed by atoms with Crippen molar-refractivity contribution in [2.45, 2.75) is 51.9 Å². The SMILES string of the molecule is C=CCCCC=CCCC=CCCC. The molecule has 0 spiro atoms. The van der Waals surface area contributed by atoms with E-state index < -0.39 is 0 Å². The molecule has 0 aliphatic rings. The minimum absolute atomic E-state index is 1.14. The minimum Gasteiger partial charge on any atom is -0.103 e. The maximum Gasteiger partial charge on any atom is -0.0316 e. The molecule has 0 nitrogen and oxygen atoms in total. The summed E-state index contributed by atoms with van der Waals surface area (Å²) in [5, 5.41) is 0. The lowest BCUT2D eigenvalue weighted by Gasteiger charge is -1.90. The molecule has 0 aliphatic carbocycles. The molecule has 0 saturated carbocycles. The molecule has 0 aromatic heterocycles. The molecule has 0 radical (unpaired) electrons. The van der Waals surface area contributed by atoms with E-state index >= 15 is 0 Å². The van der Waals surface area contributed by atoms with Crippen molar-refractivity contribution in [3.63, 3.8) is 0 Å². The Morgan fingerprint density at radius 3 is 1.93 bits per heavy atom. The summed E-state index contributed by atoms with van der Waals surface area (Å²) in [4.78, 5) is 0. The van der Waals surface area contributed by atoms with Crippen LogP contribution in [0.3, 0.4) is 0 Å². The van der Waals surface area contributed by atoms with Gasteiger partial charge in [0.1, 0.15) is 0 Å². The number of rotatable bonds is 9. The van der Waals surface area contributed by atoms with Crippen molar-refractivity contribution in [2.24, 2.45) is 0 Å². The molecule has 14 heavy (non-hydrogen) atoms. The van der Waals surface area contributed by atoms with Gasteiger partial charge in [-0.05, 0) is 38.5 Å². The molecule has 0 heterocycles. The quantitative estimate of drug-likeness (QED) is 0.355. The molecular weight excluding hydrogens is 168 g/mol. The Balaban J connectivity index is 3.14. The highest BCUT2D eigenvalue weighted by Gasteiger charge is 1.80. The lowest BCUT2D eigenvalue weighted by atomic mass is 10.2. The fourth-order valence-electron chi connectivity index (χ4n) is 1.21. The smallest absolute Gasteiger partial charge is 0.0316 e. The van der Waals surface area contributed by atoms with E-state index in [1.165, 1.54) is 38.5 Å². The van der Waals surface area contributed by atoms with Crippen molar-refractivity contribution in [3.8, 4) is 0 Å². The van der Waals surface area contributed by atoms with Crippen molar-refractivity contribution >= 4 is 0 Å². The van der Waals surface area contributed by atoms with Crippen molar-refractivity contribution in [1.82, 2.24) is 0 Å². The zero-order valence-corrected chi connectivity index (χ0v) is 9.54. The van der Waals surface area contributed by atoms with Gasteiger partial charge in [-0.15, -0.1) is 6.58 Å². The summed E-state index contributed by atoms with van der Waals surface area (Å²) in [5.74, 6) is 0. The first-order valence-corrected chi connectivity index (χ1v) is 5.82. The van der Waals surface area contributed by atoms with E-state index in [0.717, 1.165) is 6.42 Å². The lowest BCUT2D eigenvalue weighted by molar-refractivity contribution is 0.863. The van der Waals surface area contributed by atoms with Crippen LogP contribution < -0.4 is 0 Å². The highest BCUT2D eigenvalue weighted by Crippen LogP contribution is 2.00. The van der Waals surface area contributed by atoms with Gasteiger partial charge in [-0.2, -0.15) is 0 Å². The van der Waals surface area contributed by atoms with Crippen LogP contribution in [0.25, 0.3) is 0 Å². The van der Waals surface area contributed by atoms with Crippen LogP contribution in [0.4, 0.5) is 0 Å². The zero-order valence-electron chi connectivity index (χ0n) is 9.54. The van der Waals surface area contributed by atoms with Crippen LogP contribution in [0.15, 0.2) is 37.0 Å². The first-order chi connectivity index (χ1) is 6.91. The molecule has 0 aromatic carbocycles. The van der Waals surface area contributed by atoms with Gasteiger partial charge in [-0.1, -0.05) is 43.7 Å². The summed E-state index contributed by atoms with van der Waals surface area (Å²) in [6.45, 7) is 5.92. The van der Waals surface area contributed by atoms with Crippen LogP contribution in [0.5, 0.6) is 0 Å². The van der Waals surface area contributed by atoms with Gasteiger partial charge in [0.15, 0.2) is 0 Å². The van der Waals surface area contributed by atoms with E-state index in [9.17, 15) is 0 Å². The van der Waals surface area contributed by atoms with Gasteiger partial charge in [0.2, 0.25) is 0 Å². The van der Waals surface area contributed by atoms with Crippen LogP contribution in [-0.4, -0.2) is 0 Å². The van der Waals surface area contributed by atoms with Crippen LogP contribution in [0, 0.1) is 0 Å². The van der Waals surface area contributed by atoms with E-state index in [-0.39, 0.29) is 0 Å². The lowest BCUT2D eigenvalue weighted by Crippen LogP contribution is -1.69. The average molecular weight is 192 g/mol. The molecule has 0 unspecified atom stereocenters. The molecule has 0 N–H and O–H groups in total. The molecule has 0 aliphatic heterocycles. The largest absolute Gasteiger partial charge is 0.103 e. The second-order valence-electron chi connectivity index (χ2n) is 3.53. The maximum atomic E-state index is 3.70. The molecule has 0 heteroatoms. The van der Waals surface area contributed by atoms with Crippen LogP contribution in [0.1, 0.15) is 51.9 Å². The molecule has 0 amide bonds. The van der Waals surface area contributed by atoms with Gasteiger partial charge in [0.25, 0.3) is 0 Å². The number of hydrogen-bond acceptors (Lipinski definition) is 0. The highest BCUT2D eigenvalue weighted by molar-refractivity contribution is 4.88. The fourth-order valence-corrected chi connectivity index (χ4v) is 1.21. The predicted molar refractivity (Wildman–Crippen MR) is 66.5 cm³/mol. The second kappa shape index (κ2) is 12.2. The molecule has 0 rings (SSSR count). The van der Waals surface area contributed by atoms with Gasteiger partial charge < -0.3 is 0 Å². The Bertz CT molecular complexity index is 163. The first-order valence-electron chi connectivity index (χ1n) is 5.82. The van der Waals surface area contributed by atoms with Gasteiger partial charge in [-0.3, -0.25) is 0 Å². The summed E-state index contributed by atoms with van der Waals surface area (Å²) >= 11 is 0. The standard InChI is InChI=1S/C14H24/c1-3-5-7-9-11-13-14-12-10-8-6-4-2/h3,8,10-11,13H,1,4-7,9,12,14H2,2H3. The van der Waals surface area contributed by atoms with E-state index in [2.05, 4.69) is 37.8 Å². The molecular formula is C14H24. The monoisotopic (exact) mass is 192 g/mol. The van der Waals surface area contributed by atoms with Crippen molar-refractivity contribution < 1.29 is 0 Å². The van der Waals surface area contributed by atoms with Crippen molar-refractivity contribution in [1.29, 1.82) is 0 Å². The summed E-state index contributed by atoms with van der Waals surface area (Å²) in [6.07, 6.45) is 19.6. The van der Waals surface area contributed by atoms with Gasteiger partial charge in [0.05, 0.1) is 0 Å². The Morgan fingerprint density at radius 2 is 1.36 bits per heavy atom. The predicted octanol–water partition coefficient (Wildman–Crippen LogP) is 5.04. The second-order valence-corrected chi connectivity index (χ2v) is 3.53. The van der Waals surface area contributed by atoms with Crippen molar-refractivity contribution in [3.05, 3.63) is 37.0 Å². The van der Waals surface area contributed by atoms with E-state index in [1.54, 1.807) is 0 Å². The Labute approximate surface area is 89.4 Å². The highest BCUT2D eigenvalue weighted by atomic mass is 13.9. The number of allylic oxidation sites excluding steroid dienone is 5. The topological polar surface area (TPSA) is 0 Å². The number of unbranched alkanes of at least 4 members (excludes halogenated alkanes) is 4. The Hall–Kier alpha value is -0.780. The molecule has 80 valence electrons. The van der Waals surface area contributed by atoms with Crippen LogP contribution in [-0.2, 0) is 0 Å². The van der Waals surface area contributed by atoms with Gasteiger partial charge in [-0.25, -0.2) is 0 Å². The summed E-state index contributed by atoms with van der Waals surface area (Å²) in [7, 11) is 0. The van der Waals surface area contributed by atoms with Crippen molar-refractivity contribution in [2.75, 3.05) is 0 Å². The fraction of sp³-hybridized carbons (Fsp3) is 0.571. The molecule has 0 bridgehead atoms. The third-order valence-corrected chi connectivity index (χ3v) is 2.07. The molecule has 0 fully saturated rings. The van der Waals surface area contributed by atoms with E-state index in [1.807, 2.05) is 6.08 Å². The minimum atomic E-state index is 1.14. The van der Waals surface area contributed by atoms with E-state index in [4.69, 9.17) is 0 Å². The summed E-state index contributed by atoms with van der Waals surface area (Å²) in [6, 6.07) is 0. The summed E-state index contributed by atoms with van der Waals surface area (Å²) in [5.41, 5.74) is 0. The van der Waals surface area contributed by atoms with Gasteiger partial charge in [0, 0.05) is 0 Å².